The molecule has 1 N–H and O–H groups in total. The fourth-order valence-corrected chi connectivity index (χ4v) is 5.28. The summed E-state index contributed by atoms with van der Waals surface area (Å²) in [6.45, 7) is 0. The third-order valence-electron chi connectivity index (χ3n) is 4.70. The number of benzene rings is 2. The Morgan fingerprint density at radius 1 is 1.04 bits per heavy atom. The molecule has 1 amide bonds. The molecule has 0 heterocycles. The average molecular weight is 375 g/mol. The second-order valence-corrected chi connectivity index (χ2v) is 9.01. The topological polar surface area (TPSA) is 63.2 Å². The van der Waals surface area contributed by atoms with Gasteiger partial charge >= 0.3 is 0 Å². The number of hydrogen-bond acceptors (Lipinski definition) is 3. The van der Waals surface area contributed by atoms with E-state index in [0.29, 0.717) is 11.3 Å². The van der Waals surface area contributed by atoms with E-state index in [1.807, 2.05) is 0 Å². The Kier molecular flexibility index (Phi) is 5.71. The van der Waals surface area contributed by atoms with Crippen molar-refractivity contribution in [2.24, 2.45) is 0 Å². The number of carbonyl (C=O) groups excluding carboxylic acids is 1. The summed E-state index contributed by atoms with van der Waals surface area (Å²) in [5.41, 5.74) is 1.36. The maximum atomic E-state index is 13.2. The Morgan fingerprint density at radius 2 is 1.77 bits per heavy atom. The van der Waals surface area contributed by atoms with Gasteiger partial charge in [0.25, 0.3) is 5.91 Å². The van der Waals surface area contributed by atoms with Gasteiger partial charge in [-0.25, -0.2) is 12.8 Å². The Morgan fingerprint density at radius 3 is 2.50 bits per heavy atom. The molecule has 6 heteroatoms. The number of carbonyl (C=O) groups is 1. The maximum absolute atomic E-state index is 13.2. The highest BCUT2D eigenvalue weighted by Crippen LogP contribution is 2.26. The minimum Gasteiger partial charge on any atom is -0.322 e. The first-order chi connectivity index (χ1) is 12.4. The van der Waals surface area contributed by atoms with Crippen LogP contribution in [0.1, 0.15) is 48.0 Å². The number of hydrogen-bond donors (Lipinski definition) is 1. The summed E-state index contributed by atoms with van der Waals surface area (Å²) in [5, 5.41) is 2.43. The van der Waals surface area contributed by atoms with E-state index in [9.17, 15) is 17.6 Å². The predicted molar refractivity (Wildman–Crippen MR) is 100 cm³/mol. The molecule has 3 rings (SSSR count). The highest BCUT2D eigenvalue weighted by molar-refractivity contribution is 7.91. The van der Waals surface area contributed by atoms with Crippen LogP contribution in [-0.2, 0) is 15.6 Å². The van der Waals surface area contributed by atoms with E-state index < -0.39 is 21.6 Å². The van der Waals surface area contributed by atoms with Crippen molar-refractivity contribution < 1.29 is 17.6 Å². The quantitative estimate of drug-likeness (QED) is 0.846. The summed E-state index contributed by atoms with van der Waals surface area (Å²) in [4.78, 5) is 12.2. The number of sulfone groups is 1. The summed E-state index contributed by atoms with van der Waals surface area (Å²) < 4.78 is 38.5. The first-order valence-corrected chi connectivity index (χ1v) is 10.5. The number of halogens is 1. The van der Waals surface area contributed by atoms with Gasteiger partial charge in [-0.3, -0.25) is 4.79 Å². The van der Waals surface area contributed by atoms with Crippen LogP contribution in [0.3, 0.4) is 0 Å². The molecular weight excluding hydrogens is 353 g/mol. The first kappa shape index (κ1) is 18.6. The van der Waals surface area contributed by atoms with Gasteiger partial charge < -0.3 is 5.32 Å². The molecule has 0 unspecified atom stereocenters. The van der Waals surface area contributed by atoms with Crippen LogP contribution in [0.15, 0.2) is 48.5 Å². The normalized spacial score (nSPS) is 15.6. The van der Waals surface area contributed by atoms with Crippen molar-refractivity contribution in [1.82, 2.24) is 0 Å². The fraction of sp³-hybridized carbons (Fsp3) is 0.350. The van der Waals surface area contributed by atoms with Gasteiger partial charge in [0.05, 0.1) is 11.0 Å². The minimum absolute atomic E-state index is 0.0264. The highest BCUT2D eigenvalue weighted by atomic mass is 32.2. The van der Waals surface area contributed by atoms with Crippen LogP contribution in [0.5, 0.6) is 0 Å². The van der Waals surface area contributed by atoms with Crippen molar-refractivity contribution in [2.75, 3.05) is 5.32 Å². The Labute approximate surface area is 153 Å². The molecule has 1 aliphatic rings. The molecule has 0 aromatic heterocycles. The second-order valence-electron chi connectivity index (χ2n) is 6.73. The van der Waals surface area contributed by atoms with E-state index >= 15 is 0 Å². The fourth-order valence-electron chi connectivity index (χ4n) is 3.35. The zero-order valence-electron chi connectivity index (χ0n) is 14.4. The molecule has 2 aromatic carbocycles. The number of anilines is 1. The lowest BCUT2D eigenvalue weighted by Gasteiger charge is -2.21. The number of nitrogens with one attached hydrogen (secondary N) is 1. The molecule has 0 saturated heterocycles. The predicted octanol–water partition coefficient (Wildman–Crippen LogP) is 4.33. The zero-order valence-corrected chi connectivity index (χ0v) is 15.3. The highest BCUT2D eigenvalue weighted by Gasteiger charge is 2.27. The van der Waals surface area contributed by atoms with Gasteiger partial charge in [-0.15, -0.1) is 0 Å². The SMILES string of the molecule is O=C(Nc1cccc(CS(=O)(=O)C2CCCCC2)c1)c1cccc(F)c1. The van der Waals surface area contributed by atoms with E-state index in [2.05, 4.69) is 5.32 Å². The van der Waals surface area contributed by atoms with E-state index in [4.69, 9.17) is 0 Å². The lowest BCUT2D eigenvalue weighted by atomic mass is 10.0. The Balaban J connectivity index is 1.71. The summed E-state index contributed by atoms with van der Waals surface area (Å²) in [7, 11) is -3.20. The smallest absolute Gasteiger partial charge is 0.255 e. The molecule has 138 valence electrons. The Hall–Kier alpha value is -2.21. The molecule has 1 fully saturated rings. The largest absolute Gasteiger partial charge is 0.322 e. The third-order valence-corrected chi connectivity index (χ3v) is 6.92. The van der Waals surface area contributed by atoms with E-state index in [-0.39, 0.29) is 16.6 Å². The molecule has 1 saturated carbocycles. The van der Waals surface area contributed by atoms with Crippen molar-refractivity contribution in [3.63, 3.8) is 0 Å². The molecule has 4 nitrogen and oxygen atoms in total. The number of rotatable bonds is 5. The standard InChI is InChI=1S/C20H22FNO3S/c21-17-8-5-7-16(13-17)20(23)22-18-9-4-6-15(12-18)14-26(24,25)19-10-2-1-3-11-19/h4-9,12-13,19H,1-3,10-11,14H2,(H,22,23). The van der Waals surface area contributed by atoms with Gasteiger partial charge in [0.1, 0.15) is 5.82 Å². The average Bonchev–Trinajstić information content (AvgIpc) is 2.62. The molecule has 1 aliphatic carbocycles. The van der Waals surface area contributed by atoms with Crippen molar-refractivity contribution in [3.8, 4) is 0 Å². The molecule has 0 radical (unpaired) electrons. The van der Waals surface area contributed by atoms with Crippen molar-refractivity contribution >= 4 is 21.4 Å². The van der Waals surface area contributed by atoms with Gasteiger partial charge in [-0.2, -0.15) is 0 Å². The van der Waals surface area contributed by atoms with Crippen LogP contribution < -0.4 is 5.32 Å². The lowest BCUT2D eigenvalue weighted by molar-refractivity contribution is 0.102. The molecule has 0 aliphatic heterocycles. The molecule has 0 atom stereocenters. The van der Waals surface area contributed by atoms with Gasteiger partial charge in [0, 0.05) is 11.3 Å². The van der Waals surface area contributed by atoms with E-state index in [1.54, 1.807) is 24.3 Å². The van der Waals surface area contributed by atoms with Gasteiger partial charge in [0.15, 0.2) is 9.84 Å². The second kappa shape index (κ2) is 7.99. The third kappa shape index (κ3) is 4.69. The molecule has 0 bridgehead atoms. The van der Waals surface area contributed by atoms with Crippen LogP contribution in [0, 0.1) is 5.82 Å². The van der Waals surface area contributed by atoms with E-state index in [0.717, 1.165) is 38.2 Å². The van der Waals surface area contributed by atoms with Crippen LogP contribution in [-0.4, -0.2) is 19.6 Å². The van der Waals surface area contributed by atoms with Gasteiger partial charge in [0.2, 0.25) is 0 Å². The molecule has 0 spiro atoms. The van der Waals surface area contributed by atoms with Crippen LogP contribution in [0.4, 0.5) is 10.1 Å². The molecule has 2 aromatic rings. The van der Waals surface area contributed by atoms with E-state index in [1.165, 1.54) is 18.2 Å². The number of amides is 1. The van der Waals surface area contributed by atoms with Crippen LogP contribution >= 0.6 is 0 Å². The molecule has 26 heavy (non-hydrogen) atoms. The first-order valence-electron chi connectivity index (χ1n) is 8.81. The van der Waals surface area contributed by atoms with Gasteiger partial charge in [-0.05, 0) is 48.7 Å². The minimum atomic E-state index is -3.20. The summed E-state index contributed by atoms with van der Waals surface area (Å²) in [6.07, 6.45) is 4.51. The van der Waals surface area contributed by atoms with Crippen molar-refractivity contribution in [1.29, 1.82) is 0 Å². The lowest BCUT2D eigenvalue weighted by Crippen LogP contribution is -2.25. The van der Waals surface area contributed by atoms with Crippen molar-refractivity contribution in [2.45, 2.75) is 43.1 Å². The van der Waals surface area contributed by atoms with Crippen LogP contribution in [0.2, 0.25) is 0 Å². The summed E-state index contributed by atoms with van der Waals surface area (Å²) in [5.74, 6) is -0.941. The molecular formula is C20H22FNO3S. The van der Waals surface area contributed by atoms with Crippen molar-refractivity contribution in [3.05, 3.63) is 65.5 Å². The zero-order chi connectivity index (χ0) is 18.6. The summed E-state index contributed by atoms with van der Waals surface area (Å²) in [6, 6.07) is 12.2. The monoisotopic (exact) mass is 375 g/mol. The Bertz CT molecular complexity index is 889. The summed E-state index contributed by atoms with van der Waals surface area (Å²) >= 11 is 0. The van der Waals surface area contributed by atoms with Gasteiger partial charge in [-0.1, -0.05) is 37.5 Å². The van der Waals surface area contributed by atoms with Crippen LogP contribution in [0.25, 0.3) is 0 Å². The maximum Gasteiger partial charge on any atom is 0.255 e.